The van der Waals surface area contributed by atoms with Gasteiger partial charge in [0.2, 0.25) is 0 Å². The van der Waals surface area contributed by atoms with Crippen LogP contribution in [0, 0.1) is 17.2 Å². The van der Waals surface area contributed by atoms with Crippen molar-refractivity contribution in [3.8, 4) is 11.8 Å². The van der Waals surface area contributed by atoms with Gasteiger partial charge in [0, 0.05) is 0 Å². The molecule has 0 unspecified atom stereocenters. The van der Waals surface area contributed by atoms with Crippen LogP contribution in [-0.4, -0.2) is 30.6 Å². The number of esters is 1. The third-order valence-electron chi connectivity index (χ3n) is 3.76. The standard InChI is InChI=1S/C17H20N2O4/c1-3-22-14-8-4-12(5-9-14)16(21)23-10-15(20)19-17(2,11-18)13-6-7-13/h4-5,8-9,13H,3,6-7,10H2,1-2H3,(H,19,20)/t17-/m1/s1. The van der Waals surface area contributed by atoms with Crippen LogP contribution in [0.3, 0.4) is 0 Å². The molecule has 1 aromatic rings. The van der Waals surface area contributed by atoms with E-state index >= 15 is 0 Å². The van der Waals surface area contributed by atoms with Crippen molar-refractivity contribution < 1.29 is 19.1 Å². The summed E-state index contributed by atoms with van der Waals surface area (Å²) in [6.07, 6.45) is 1.85. The molecule has 1 aliphatic carbocycles. The summed E-state index contributed by atoms with van der Waals surface area (Å²) in [5.41, 5.74) is -0.547. The van der Waals surface area contributed by atoms with Gasteiger partial charge in [-0.15, -0.1) is 0 Å². The number of nitrogens with one attached hydrogen (secondary N) is 1. The predicted molar refractivity (Wildman–Crippen MR) is 82.8 cm³/mol. The Labute approximate surface area is 135 Å². The van der Waals surface area contributed by atoms with E-state index < -0.39 is 24.0 Å². The molecule has 0 saturated heterocycles. The maximum Gasteiger partial charge on any atom is 0.338 e. The van der Waals surface area contributed by atoms with Crippen LogP contribution in [0.5, 0.6) is 5.75 Å². The minimum absolute atomic E-state index is 0.179. The Morgan fingerprint density at radius 2 is 2.00 bits per heavy atom. The smallest absolute Gasteiger partial charge is 0.338 e. The van der Waals surface area contributed by atoms with E-state index in [0.717, 1.165) is 12.8 Å². The first-order valence-corrected chi connectivity index (χ1v) is 7.60. The summed E-state index contributed by atoms with van der Waals surface area (Å²) in [5.74, 6) is -0.220. The molecule has 1 atom stereocenters. The summed E-state index contributed by atoms with van der Waals surface area (Å²) in [4.78, 5) is 23.8. The molecule has 0 spiro atoms. The van der Waals surface area contributed by atoms with E-state index in [1.165, 1.54) is 0 Å². The molecule has 6 nitrogen and oxygen atoms in total. The molecule has 0 heterocycles. The summed E-state index contributed by atoms with van der Waals surface area (Å²) >= 11 is 0. The molecule has 0 aromatic heterocycles. The third-order valence-corrected chi connectivity index (χ3v) is 3.76. The van der Waals surface area contributed by atoms with E-state index in [4.69, 9.17) is 9.47 Å². The fourth-order valence-electron chi connectivity index (χ4n) is 2.28. The highest BCUT2D eigenvalue weighted by molar-refractivity contribution is 5.91. The number of hydrogen-bond acceptors (Lipinski definition) is 5. The highest BCUT2D eigenvalue weighted by Crippen LogP contribution is 2.39. The second kappa shape index (κ2) is 7.14. The highest BCUT2D eigenvalue weighted by Gasteiger charge is 2.43. The number of carbonyl (C=O) groups excluding carboxylic acids is 2. The number of ether oxygens (including phenoxy) is 2. The lowest BCUT2D eigenvalue weighted by molar-refractivity contribution is -0.125. The normalized spacial score (nSPS) is 15.9. The van der Waals surface area contributed by atoms with Crippen molar-refractivity contribution in [1.82, 2.24) is 5.32 Å². The first-order chi connectivity index (χ1) is 11.0. The SMILES string of the molecule is CCOc1ccc(C(=O)OCC(=O)N[C@](C)(C#N)C2CC2)cc1. The van der Waals surface area contributed by atoms with Gasteiger partial charge in [-0.2, -0.15) is 5.26 Å². The first kappa shape index (κ1) is 16.8. The quantitative estimate of drug-likeness (QED) is 0.778. The molecule has 2 rings (SSSR count). The molecule has 0 radical (unpaired) electrons. The van der Waals surface area contributed by atoms with Gasteiger partial charge in [-0.3, -0.25) is 4.79 Å². The molecular weight excluding hydrogens is 296 g/mol. The van der Waals surface area contributed by atoms with E-state index in [9.17, 15) is 14.9 Å². The molecule has 1 aliphatic rings. The molecule has 0 bridgehead atoms. The summed E-state index contributed by atoms with van der Waals surface area (Å²) in [5, 5.41) is 11.8. The molecule has 6 heteroatoms. The number of benzene rings is 1. The Morgan fingerprint density at radius 1 is 1.35 bits per heavy atom. The largest absolute Gasteiger partial charge is 0.494 e. The van der Waals surface area contributed by atoms with Crippen molar-refractivity contribution in [3.05, 3.63) is 29.8 Å². The number of nitriles is 1. The number of amides is 1. The lowest BCUT2D eigenvalue weighted by atomic mass is 9.98. The first-order valence-electron chi connectivity index (χ1n) is 7.60. The summed E-state index contributed by atoms with van der Waals surface area (Å²) in [7, 11) is 0. The number of carbonyl (C=O) groups is 2. The minimum atomic E-state index is -0.886. The van der Waals surface area contributed by atoms with Gasteiger partial charge in [-0.25, -0.2) is 4.79 Å². The molecule has 1 N–H and O–H groups in total. The maximum absolute atomic E-state index is 11.9. The van der Waals surface area contributed by atoms with E-state index in [-0.39, 0.29) is 5.92 Å². The van der Waals surface area contributed by atoms with Gasteiger partial charge < -0.3 is 14.8 Å². The molecule has 1 saturated carbocycles. The van der Waals surface area contributed by atoms with Crippen molar-refractivity contribution in [2.24, 2.45) is 5.92 Å². The van der Waals surface area contributed by atoms with Crippen LogP contribution < -0.4 is 10.1 Å². The monoisotopic (exact) mass is 316 g/mol. The minimum Gasteiger partial charge on any atom is -0.494 e. The van der Waals surface area contributed by atoms with Crippen molar-refractivity contribution in [1.29, 1.82) is 5.26 Å². The zero-order valence-electron chi connectivity index (χ0n) is 13.3. The van der Waals surface area contributed by atoms with Gasteiger partial charge in [-0.1, -0.05) is 0 Å². The van der Waals surface area contributed by atoms with Gasteiger partial charge in [0.25, 0.3) is 5.91 Å². The predicted octanol–water partition coefficient (Wildman–Crippen LogP) is 2.05. The van der Waals surface area contributed by atoms with Crippen LogP contribution in [-0.2, 0) is 9.53 Å². The highest BCUT2D eigenvalue weighted by atomic mass is 16.5. The third kappa shape index (κ3) is 4.46. The topological polar surface area (TPSA) is 88.4 Å². The van der Waals surface area contributed by atoms with Gasteiger partial charge in [0.1, 0.15) is 11.3 Å². The van der Waals surface area contributed by atoms with Gasteiger partial charge in [-0.05, 0) is 56.9 Å². The maximum atomic E-state index is 11.9. The van der Waals surface area contributed by atoms with Crippen molar-refractivity contribution in [3.63, 3.8) is 0 Å². The van der Waals surface area contributed by atoms with Crippen LogP contribution >= 0.6 is 0 Å². The lowest BCUT2D eigenvalue weighted by Crippen LogP contribution is -2.48. The van der Waals surface area contributed by atoms with Crippen LogP contribution in [0.15, 0.2) is 24.3 Å². The Balaban J connectivity index is 1.83. The van der Waals surface area contributed by atoms with Crippen LogP contribution in [0.4, 0.5) is 0 Å². The fourth-order valence-corrected chi connectivity index (χ4v) is 2.28. The fraction of sp³-hybridized carbons (Fsp3) is 0.471. The Kier molecular flexibility index (Phi) is 5.22. The van der Waals surface area contributed by atoms with Gasteiger partial charge in [0.15, 0.2) is 6.61 Å². The van der Waals surface area contributed by atoms with Gasteiger partial charge in [0.05, 0.1) is 18.2 Å². The van der Waals surface area contributed by atoms with Crippen LogP contribution in [0.25, 0.3) is 0 Å². The summed E-state index contributed by atoms with van der Waals surface area (Å²) < 4.78 is 10.3. The van der Waals surface area contributed by atoms with Gasteiger partial charge >= 0.3 is 5.97 Å². The second-order valence-electron chi connectivity index (χ2n) is 5.67. The zero-order valence-corrected chi connectivity index (χ0v) is 13.3. The zero-order chi connectivity index (χ0) is 16.9. The van der Waals surface area contributed by atoms with E-state index in [1.54, 1.807) is 31.2 Å². The molecule has 1 aromatic carbocycles. The average molecular weight is 316 g/mol. The molecule has 1 fully saturated rings. The van der Waals surface area contributed by atoms with Crippen molar-refractivity contribution in [2.75, 3.05) is 13.2 Å². The molecule has 1 amide bonds. The molecule has 122 valence electrons. The Morgan fingerprint density at radius 3 is 2.52 bits per heavy atom. The van der Waals surface area contributed by atoms with Crippen LogP contribution in [0.1, 0.15) is 37.0 Å². The molecule has 0 aliphatic heterocycles. The lowest BCUT2D eigenvalue weighted by Gasteiger charge is -2.22. The van der Waals surface area contributed by atoms with Crippen LogP contribution in [0.2, 0.25) is 0 Å². The second-order valence-corrected chi connectivity index (χ2v) is 5.67. The van der Waals surface area contributed by atoms with Crippen molar-refractivity contribution >= 4 is 11.9 Å². The Bertz CT molecular complexity index is 616. The average Bonchev–Trinajstić information content (AvgIpc) is 3.39. The van der Waals surface area contributed by atoms with E-state index in [2.05, 4.69) is 11.4 Å². The number of rotatable bonds is 7. The van der Waals surface area contributed by atoms with E-state index in [1.807, 2.05) is 6.92 Å². The number of hydrogen-bond donors (Lipinski definition) is 1. The molecular formula is C17H20N2O4. The van der Waals surface area contributed by atoms with E-state index in [0.29, 0.717) is 17.9 Å². The summed E-state index contributed by atoms with van der Waals surface area (Å²) in [6.45, 7) is 3.70. The molecule has 23 heavy (non-hydrogen) atoms. The van der Waals surface area contributed by atoms with Crippen molar-refractivity contribution in [2.45, 2.75) is 32.2 Å². The summed E-state index contributed by atoms with van der Waals surface area (Å²) in [6, 6.07) is 8.61. The Hall–Kier alpha value is -2.55. The number of nitrogens with zero attached hydrogens (tertiary/aromatic N) is 1.